The van der Waals surface area contributed by atoms with Crippen LogP contribution < -0.4 is 4.74 Å². The zero-order valence-electron chi connectivity index (χ0n) is 9.17. The Morgan fingerprint density at radius 2 is 2.18 bits per heavy atom. The number of ether oxygens (including phenoxy) is 2. The van der Waals surface area contributed by atoms with Gasteiger partial charge >= 0.3 is 5.97 Å². The monoisotopic (exact) mass is 265 g/mol. The molecule has 0 N–H and O–H groups in total. The summed E-state index contributed by atoms with van der Waals surface area (Å²) in [7, 11) is 2.41. The van der Waals surface area contributed by atoms with Gasteiger partial charge in [0.25, 0.3) is 6.43 Å². The second-order valence-corrected chi connectivity index (χ2v) is 3.45. The van der Waals surface area contributed by atoms with E-state index >= 15 is 0 Å². The first kappa shape index (κ1) is 13.6. The van der Waals surface area contributed by atoms with Gasteiger partial charge in [0.2, 0.25) is 5.88 Å². The Balaban J connectivity index is 3.15. The normalized spacial score (nSPS) is 10.5. The predicted molar refractivity (Wildman–Crippen MR) is 56.5 cm³/mol. The third-order valence-electron chi connectivity index (χ3n) is 2.03. The largest absolute Gasteiger partial charge is 0.481 e. The molecule has 0 radical (unpaired) electrons. The Bertz CT molecular complexity index is 426. The van der Waals surface area contributed by atoms with Crippen LogP contribution in [0.2, 0.25) is 5.15 Å². The summed E-state index contributed by atoms with van der Waals surface area (Å²) in [6.45, 7) is 0. The molecule has 7 heteroatoms. The topological polar surface area (TPSA) is 48.4 Å². The smallest absolute Gasteiger partial charge is 0.310 e. The van der Waals surface area contributed by atoms with E-state index in [1.165, 1.54) is 14.2 Å². The number of carbonyl (C=O) groups is 1. The number of hydrogen-bond donors (Lipinski definition) is 0. The molecule has 0 atom stereocenters. The van der Waals surface area contributed by atoms with Crippen LogP contribution in [0.5, 0.6) is 5.88 Å². The van der Waals surface area contributed by atoms with Gasteiger partial charge in [0.05, 0.1) is 26.2 Å². The SMILES string of the molecule is COC(=O)Cc1cc(C(F)F)c(OC)nc1Cl. The number of halogens is 3. The molecule has 0 saturated carbocycles. The minimum absolute atomic E-state index is 0.0587. The van der Waals surface area contributed by atoms with Gasteiger partial charge in [-0.1, -0.05) is 11.6 Å². The van der Waals surface area contributed by atoms with Crippen molar-refractivity contribution in [1.29, 1.82) is 0 Å². The van der Waals surface area contributed by atoms with Crippen LogP contribution in [0.25, 0.3) is 0 Å². The number of aromatic nitrogens is 1. The third-order valence-corrected chi connectivity index (χ3v) is 2.36. The van der Waals surface area contributed by atoms with Gasteiger partial charge in [0.15, 0.2) is 0 Å². The van der Waals surface area contributed by atoms with E-state index in [1.807, 2.05) is 0 Å². The highest BCUT2D eigenvalue weighted by atomic mass is 35.5. The van der Waals surface area contributed by atoms with Crippen LogP contribution in [-0.2, 0) is 16.0 Å². The van der Waals surface area contributed by atoms with Gasteiger partial charge in [-0.15, -0.1) is 0 Å². The quantitative estimate of drug-likeness (QED) is 0.620. The molecular weight excluding hydrogens is 256 g/mol. The van der Waals surface area contributed by atoms with Crippen LogP contribution in [0.3, 0.4) is 0 Å². The van der Waals surface area contributed by atoms with E-state index in [9.17, 15) is 13.6 Å². The zero-order valence-corrected chi connectivity index (χ0v) is 9.92. The summed E-state index contributed by atoms with van der Waals surface area (Å²) in [6, 6.07) is 1.09. The molecule has 0 unspecified atom stereocenters. The van der Waals surface area contributed by atoms with Crippen molar-refractivity contribution in [2.24, 2.45) is 0 Å². The average Bonchev–Trinajstić information content (AvgIpc) is 2.30. The molecule has 0 bridgehead atoms. The summed E-state index contributed by atoms with van der Waals surface area (Å²) in [5, 5.41) is -0.0587. The summed E-state index contributed by atoms with van der Waals surface area (Å²) in [5.41, 5.74) is -0.231. The maximum absolute atomic E-state index is 12.7. The molecule has 0 fully saturated rings. The van der Waals surface area contributed by atoms with Crippen molar-refractivity contribution >= 4 is 17.6 Å². The highest BCUT2D eigenvalue weighted by Crippen LogP contribution is 2.31. The molecule has 0 spiro atoms. The van der Waals surface area contributed by atoms with Crippen molar-refractivity contribution < 1.29 is 23.0 Å². The first-order valence-corrected chi connectivity index (χ1v) is 4.95. The van der Waals surface area contributed by atoms with Crippen LogP contribution in [0.4, 0.5) is 8.78 Å². The first-order chi connectivity index (χ1) is 7.99. The zero-order chi connectivity index (χ0) is 13.0. The maximum atomic E-state index is 12.7. The van der Waals surface area contributed by atoms with Crippen molar-refractivity contribution in [2.45, 2.75) is 12.8 Å². The molecule has 4 nitrogen and oxygen atoms in total. The highest BCUT2D eigenvalue weighted by Gasteiger charge is 2.19. The number of alkyl halides is 2. The van der Waals surface area contributed by atoms with Crippen LogP contribution in [0, 0.1) is 0 Å². The third kappa shape index (κ3) is 3.26. The molecule has 94 valence electrons. The Labute approximate surface area is 101 Å². The Kier molecular flexibility index (Phi) is 4.62. The molecule has 0 aliphatic rings. The van der Waals surface area contributed by atoms with Crippen molar-refractivity contribution in [3.8, 4) is 5.88 Å². The van der Waals surface area contributed by atoms with E-state index in [1.54, 1.807) is 0 Å². The minimum Gasteiger partial charge on any atom is -0.481 e. The van der Waals surface area contributed by atoms with Crippen molar-refractivity contribution in [3.63, 3.8) is 0 Å². The number of esters is 1. The van der Waals surface area contributed by atoms with Crippen LogP contribution >= 0.6 is 11.6 Å². The van der Waals surface area contributed by atoms with Gasteiger partial charge in [-0.2, -0.15) is 0 Å². The molecule has 1 aromatic rings. The van der Waals surface area contributed by atoms with E-state index in [-0.39, 0.29) is 23.0 Å². The lowest BCUT2D eigenvalue weighted by Crippen LogP contribution is -2.07. The van der Waals surface area contributed by atoms with Crippen LogP contribution in [0.1, 0.15) is 17.6 Å². The lowest BCUT2D eigenvalue weighted by molar-refractivity contribution is -0.139. The minimum atomic E-state index is -2.76. The molecule has 0 aliphatic heterocycles. The molecular formula is C10H10ClF2NO3. The summed E-state index contributed by atoms with van der Waals surface area (Å²) in [5.74, 6) is -0.835. The van der Waals surface area contributed by atoms with E-state index in [2.05, 4.69) is 14.5 Å². The van der Waals surface area contributed by atoms with Crippen LogP contribution in [-0.4, -0.2) is 25.2 Å². The number of pyridine rings is 1. The van der Waals surface area contributed by atoms with E-state index in [0.29, 0.717) is 0 Å². The second kappa shape index (κ2) is 5.77. The van der Waals surface area contributed by atoms with Gasteiger partial charge in [-0.3, -0.25) is 4.79 Å². The second-order valence-electron chi connectivity index (χ2n) is 3.09. The Hall–Kier alpha value is -1.43. The summed E-state index contributed by atoms with van der Waals surface area (Å²) in [4.78, 5) is 14.7. The van der Waals surface area contributed by atoms with Crippen molar-refractivity contribution in [1.82, 2.24) is 4.98 Å². The first-order valence-electron chi connectivity index (χ1n) is 4.57. The summed E-state index contributed by atoms with van der Waals surface area (Å²) < 4.78 is 34.4. The van der Waals surface area contributed by atoms with Crippen molar-refractivity contribution in [3.05, 3.63) is 22.3 Å². The molecule has 17 heavy (non-hydrogen) atoms. The molecule has 1 heterocycles. The molecule has 0 amide bonds. The number of nitrogens with zero attached hydrogens (tertiary/aromatic N) is 1. The van der Waals surface area contributed by atoms with E-state index in [0.717, 1.165) is 6.07 Å². The fraction of sp³-hybridized carbons (Fsp3) is 0.400. The summed E-state index contributed by atoms with van der Waals surface area (Å²) >= 11 is 5.74. The van der Waals surface area contributed by atoms with Gasteiger partial charge < -0.3 is 9.47 Å². The van der Waals surface area contributed by atoms with Gasteiger partial charge in [-0.05, 0) is 6.07 Å². The lowest BCUT2D eigenvalue weighted by Gasteiger charge is -2.10. The van der Waals surface area contributed by atoms with Gasteiger partial charge in [0.1, 0.15) is 5.15 Å². The van der Waals surface area contributed by atoms with Gasteiger partial charge in [-0.25, -0.2) is 13.8 Å². The molecule has 0 aromatic carbocycles. The Morgan fingerprint density at radius 1 is 1.53 bits per heavy atom. The number of methoxy groups -OCH3 is 2. The van der Waals surface area contributed by atoms with E-state index < -0.39 is 18.0 Å². The standard InChI is InChI=1S/C10H10ClF2NO3/c1-16-7(15)4-5-3-6(9(12)13)10(17-2)14-8(5)11/h3,9H,4H2,1-2H3. The molecule has 0 saturated heterocycles. The highest BCUT2D eigenvalue weighted by molar-refractivity contribution is 6.30. The number of hydrogen-bond acceptors (Lipinski definition) is 4. The Morgan fingerprint density at radius 3 is 2.65 bits per heavy atom. The number of carbonyl (C=O) groups excluding carboxylic acids is 1. The van der Waals surface area contributed by atoms with Crippen LogP contribution in [0.15, 0.2) is 6.07 Å². The lowest BCUT2D eigenvalue weighted by atomic mass is 10.1. The number of rotatable bonds is 4. The van der Waals surface area contributed by atoms with Crippen molar-refractivity contribution in [2.75, 3.05) is 14.2 Å². The molecule has 0 aliphatic carbocycles. The van der Waals surface area contributed by atoms with E-state index in [4.69, 9.17) is 11.6 Å². The molecule has 1 rings (SSSR count). The average molecular weight is 266 g/mol. The summed E-state index contributed by atoms with van der Waals surface area (Å²) in [6.07, 6.45) is -2.97. The van der Waals surface area contributed by atoms with Gasteiger partial charge in [0, 0.05) is 5.56 Å². The maximum Gasteiger partial charge on any atom is 0.310 e. The predicted octanol–water partition coefficient (Wildman–Crippen LogP) is 2.40. The molecule has 1 aromatic heterocycles. The fourth-order valence-corrected chi connectivity index (χ4v) is 1.40. The fourth-order valence-electron chi connectivity index (χ4n) is 1.21.